The number of rotatable bonds is 6. The van der Waals surface area contributed by atoms with E-state index in [0.29, 0.717) is 35.6 Å². The molecule has 0 amide bonds. The summed E-state index contributed by atoms with van der Waals surface area (Å²) in [6, 6.07) is 14.8. The second-order valence-electron chi connectivity index (χ2n) is 6.29. The van der Waals surface area contributed by atoms with E-state index in [2.05, 4.69) is 4.98 Å². The molecular weight excluding hydrogens is 387 g/mol. The van der Waals surface area contributed by atoms with E-state index in [4.69, 9.17) is 37.4 Å². The van der Waals surface area contributed by atoms with E-state index in [-0.39, 0.29) is 6.10 Å². The Morgan fingerprint density at radius 2 is 1.96 bits per heavy atom. The van der Waals surface area contributed by atoms with E-state index in [1.807, 2.05) is 53.2 Å². The summed E-state index contributed by atoms with van der Waals surface area (Å²) < 4.78 is 20.2. The van der Waals surface area contributed by atoms with Crippen molar-refractivity contribution in [1.82, 2.24) is 9.55 Å². The van der Waals surface area contributed by atoms with E-state index in [1.54, 1.807) is 18.6 Å². The van der Waals surface area contributed by atoms with Crippen LogP contribution in [0.3, 0.4) is 0 Å². The van der Waals surface area contributed by atoms with E-state index in [9.17, 15) is 0 Å². The molecule has 0 bridgehead atoms. The summed E-state index contributed by atoms with van der Waals surface area (Å²) in [6.45, 7) is 1.21. The Bertz CT molecular complexity index is 887. The minimum Gasteiger partial charge on any atom is -0.489 e. The van der Waals surface area contributed by atoms with Crippen molar-refractivity contribution in [2.75, 3.05) is 13.2 Å². The van der Waals surface area contributed by atoms with Gasteiger partial charge in [0.05, 0.1) is 24.5 Å². The normalized spacial score (nSPS) is 22.1. The quantitative estimate of drug-likeness (QED) is 0.604. The van der Waals surface area contributed by atoms with E-state index < -0.39 is 5.79 Å². The third-order valence-corrected chi connectivity index (χ3v) is 4.92. The maximum Gasteiger partial charge on any atom is 0.214 e. The fourth-order valence-electron chi connectivity index (χ4n) is 3.04. The van der Waals surface area contributed by atoms with Gasteiger partial charge in [-0.2, -0.15) is 0 Å². The highest BCUT2D eigenvalue weighted by atomic mass is 35.5. The lowest BCUT2D eigenvalue weighted by molar-refractivity contribution is -0.189. The Morgan fingerprint density at radius 3 is 2.70 bits per heavy atom. The van der Waals surface area contributed by atoms with E-state index >= 15 is 0 Å². The van der Waals surface area contributed by atoms with Crippen LogP contribution < -0.4 is 4.74 Å². The van der Waals surface area contributed by atoms with Gasteiger partial charge in [0.1, 0.15) is 18.5 Å². The Kier molecular flexibility index (Phi) is 5.36. The molecule has 0 spiro atoms. The average Bonchev–Trinajstić information content (AvgIpc) is 3.33. The number of nitrogens with zero attached hydrogens (tertiary/aromatic N) is 2. The van der Waals surface area contributed by atoms with Crippen LogP contribution in [0.15, 0.2) is 67.3 Å². The molecule has 2 heterocycles. The summed E-state index contributed by atoms with van der Waals surface area (Å²) in [5.74, 6) is -0.304. The highest BCUT2D eigenvalue weighted by molar-refractivity contribution is 6.32. The molecule has 4 rings (SSSR count). The molecule has 5 nitrogen and oxygen atoms in total. The van der Waals surface area contributed by atoms with Crippen LogP contribution in [0.25, 0.3) is 0 Å². The molecule has 1 fully saturated rings. The SMILES string of the molecule is Clc1ccc(C2(Cn3ccnc3)OCC(COc3ccccc3Cl)O2)cc1. The highest BCUT2D eigenvalue weighted by Gasteiger charge is 2.44. The minimum absolute atomic E-state index is 0.236. The summed E-state index contributed by atoms with van der Waals surface area (Å²) in [5.41, 5.74) is 0.890. The second-order valence-corrected chi connectivity index (χ2v) is 7.13. The number of hydrogen-bond acceptors (Lipinski definition) is 4. The maximum absolute atomic E-state index is 6.33. The third kappa shape index (κ3) is 4.12. The van der Waals surface area contributed by atoms with Crippen LogP contribution in [0.4, 0.5) is 0 Å². The summed E-state index contributed by atoms with van der Waals surface area (Å²) in [4.78, 5) is 4.10. The molecule has 1 aliphatic rings. The average molecular weight is 405 g/mol. The number of ether oxygens (including phenoxy) is 3. The van der Waals surface area contributed by atoms with Crippen molar-refractivity contribution in [3.8, 4) is 5.75 Å². The molecule has 1 saturated heterocycles. The van der Waals surface area contributed by atoms with Gasteiger partial charge in [0.2, 0.25) is 5.79 Å². The molecule has 1 aromatic heterocycles. The Morgan fingerprint density at radius 1 is 1.15 bits per heavy atom. The van der Waals surface area contributed by atoms with Crippen LogP contribution >= 0.6 is 23.2 Å². The molecule has 0 N–H and O–H groups in total. The molecule has 0 aliphatic carbocycles. The van der Waals surface area contributed by atoms with Gasteiger partial charge in [-0.3, -0.25) is 0 Å². The standard InChI is InChI=1S/C20H18Cl2N2O3/c21-16-7-5-15(6-8-16)20(13-24-10-9-23-14-24)26-12-17(27-20)11-25-19-4-2-1-3-18(19)22/h1-10,14,17H,11-13H2. The topological polar surface area (TPSA) is 45.5 Å². The van der Waals surface area contributed by atoms with E-state index in [1.165, 1.54) is 0 Å². The number of para-hydroxylation sites is 1. The summed E-state index contributed by atoms with van der Waals surface area (Å²) in [5, 5.41) is 1.23. The zero-order valence-electron chi connectivity index (χ0n) is 14.4. The zero-order valence-corrected chi connectivity index (χ0v) is 15.9. The van der Waals surface area contributed by atoms with Crippen molar-refractivity contribution in [3.63, 3.8) is 0 Å². The van der Waals surface area contributed by atoms with Gasteiger partial charge in [-0.25, -0.2) is 4.98 Å². The van der Waals surface area contributed by atoms with Gasteiger partial charge in [0, 0.05) is 23.0 Å². The Labute approximate surface area is 167 Å². The lowest BCUT2D eigenvalue weighted by atomic mass is 10.1. The lowest BCUT2D eigenvalue weighted by Crippen LogP contribution is -2.34. The molecule has 3 aromatic rings. The summed E-state index contributed by atoms with van der Waals surface area (Å²) >= 11 is 12.2. The third-order valence-electron chi connectivity index (χ3n) is 4.35. The minimum atomic E-state index is -0.931. The first-order valence-electron chi connectivity index (χ1n) is 8.55. The first-order chi connectivity index (χ1) is 13.1. The van der Waals surface area contributed by atoms with Gasteiger partial charge in [0.15, 0.2) is 0 Å². The molecule has 27 heavy (non-hydrogen) atoms. The molecule has 2 aromatic carbocycles. The van der Waals surface area contributed by atoms with Crippen molar-refractivity contribution in [2.24, 2.45) is 0 Å². The molecule has 0 radical (unpaired) electrons. The summed E-state index contributed by atoms with van der Waals surface area (Å²) in [7, 11) is 0. The van der Waals surface area contributed by atoms with Crippen molar-refractivity contribution < 1.29 is 14.2 Å². The predicted octanol–water partition coefficient (Wildman–Crippen LogP) is 4.54. The van der Waals surface area contributed by atoms with Crippen LogP contribution in [-0.4, -0.2) is 28.9 Å². The molecule has 2 atom stereocenters. The zero-order chi connectivity index (χ0) is 18.7. The molecule has 7 heteroatoms. The predicted molar refractivity (Wildman–Crippen MR) is 103 cm³/mol. The van der Waals surface area contributed by atoms with Gasteiger partial charge in [-0.05, 0) is 24.3 Å². The van der Waals surface area contributed by atoms with Crippen molar-refractivity contribution in [1.29, 1.82) is 0 Å². The monoisotopic (exact) mass is 404 g/mol. The number of benzene rings is 2. The van der Waals surface area contributed by atoms with Gasteiger partial charge in [0.25, 0.3) is 0 Å². The second kappa shape index (κ2) is 7.90. The fraction of sp³-hybridized carbons (Fsp3) is 0.250. The summed E-state index contributed by atoms with van der Waals surface area (Å²) in [6.07, 6.45) is 5.10. The fourth-order valence-corrected chi connectivity index (χ4v) is 3.36. The molecular formula is C20H18Cl2N2O3. The highest BCUT2D eigenvalue weighted by Crippen LogP contribution is 2.37. The molecule has 1 aliphatic heterocycles. The number of aromatic nitrogens is 2. The van der Waals surface area contributed by atoms with Crippen molar-refractivity contribution >= 4 is 23.2 Å². The first kappa shape index (κ1) is 18.3. The van der Waals surface area contributed by atoms with Gasteiger partial charge in [-0.1, -0.05) is 47.5 Å². The number of halogens is 2. The van der Waals surface area contributed by atoms with Crippen LogP contribution in [0.2, 0.25) is 10.0 Å². The largest absolute Gasteiger partial charge is 0.489 e. The van der Waals surface area contributed by atoms with Gasteiger partial charge < -0.3 is 18.8 Å². The van der Waals surface area contributed by atoms with Crippen LogP contribution in [0.1, 0.15) is 5.56 Å². The molecule has 0 saturated carbocycles. The molecule has 2 unspecified atom stereocenters. The Balaban J connectivity index is 1.52. The lowest BCUT2D eigenvalue weighted by Gasteiger charge is -2.29. The maximum atomic E-state index is 6.33. The van der Waals surface area contributed by atoms with Gasteiger partial charge in [-0.15, -0.1) is 0 Å². The van der Waals surface area contributed by atoms with Crippen LogP contribution in [0.5, 0.6) is 5.75 Å². The first-order valence-corrected chi connectivity index (χ1v) is 9.31. The van der Waals surface area contributed by atoms with E-state index in [0.717, 1.165) is 5.56 Å². The van der Waals surface area contributed by atoms with Crippen LogP contribution in [-0.2, 0) is 21.8 Å². The Hall–Kier alpha value is -2.05. The van der Waals surface area contributed by atoms with Crippen molar-refractivity contribution in [3.05, 3.63) is 82.9 Å². The van der Waals surface area contributed by atoms with Gasteiger partial charge >= 0.3 is 0 Å². The number of imidazole rings is 1. The number of hydrogen-bond donors (Lipinski definition) is 0. The molecule has 140 valence electrons. The van der Waals surface area contributed by atoms with Crippen molar-refractivity contribution in [2.45, 2.75) is 18.4 Å². The smallest absolute Gasteiger partial charge is 0.214 e. The van der Waals surface area contributed by atoms with Crippen LogP contribution in [0, 0.1) is 0 Å².